The number of hydrogen-bond acceptors (Lipinski definition) is 3. The molecule has 0 fully saturated rings. The molecule has 2 nitrogen and oxygen atoms in total. The molecule has 0 aliphatic carbocycles. The van der Waals surface area contributed by atoms with Crippen molar-refractivity contribution in [2.75, 3.05) is 7.11 Å². The summed E-state index contributed by atoms with van der Waals surface area (Å²) >= 11 is 1.75. The molecular formula is C12H13NOS. The lowest BCUT2D eigenvalue weighted by molar-refractivity contribution is 0.397. The van der Waals surface area contributed by atoms with Crippen molar-refractivity contribution in [1.82, 2.24) is 4.98 Å². The molecule has 0 radical (unpaired) electrons. The topological polar surface area (TPSA) is 22.1 Å². The number of rotatable bonds is 2. The van der Waals surface area contributed by atoms with Crippen molar-refractivity contribution in [3.63, 3.8) is 0 Å². The van der Waals surface area contributed by atoms with E-state index in [9.17, 15) is 0 Å². The van der Waals surface area contributed by atoms with Crippen LogP contribution in [0.2, 0.25) is 0 Å². The van der Waals surface area contributed by atoms with Crippen molar-refractivity contribution >= 4 is 11.3 Å². The van der Waals surface area contributed by atoms with Gasteiger partial charge >= 0.3 is 0 Å². The number of hydrogen-bond donors (Lipinski definition) is 0. The van der Waals surface area contributed by atoms with Crippen LogP contribution >= 0.6 is 11.3 Å². The van der Waals surface area contributed by atoms with Gasteiger partial charge in [0, 0.05) is 22.7 Å². The van der Waals surface area contributed by atoms with Crippen LogP contribution in [0.4, 0.5) is 0 Å². The third-order valence-electron chi connectivity index (χ3n) is 2.40. The molecule has 0 unspecified atom stereocenters. The molecule has 2 aromatic rings. The van der Waals surface area contributed by atoms with Gasteiger partial charge in [-0.1, -0.05) is 0 Å². The Balaban J connectivity index is 2.50. The van der Waals surface area contributed by atoms with Crippen LogP contribution in [0.15, 0.2) is 23.7 Å². The van der Waals surface area contributed by atoms with Crippen molar-refractivity contribution in [2.24, 2.45) is 0 Å². The molecule has 0 atom stereocenters. The van der Waals surface area contributed by atoms with E-state index in [4.69, 9.17) is 4.74 Å². The Morgan fingerprint density at radius 2 is 2.07 bits per heavy atom. The molecule has 0 N–H and O–H groups in total. The normalized spacial score (nSPS) is 10.3. The van der Waals surface area contributed by atoms with E-state index in [1.54, 1.807) is 18.4 Å². The maximum atomic E-state index is 5.09. The first kappa shape index (κ1) is 10.2. The molecule has 2 rings (SSSR count). The Morgan fingerprint density at radius 1 is 1.27 bits per heavy atom. The maximum absolute atomic E-state index is 5.09. The molecule has 15 heavy (non-hydrogen) atoms. The second-order valence-corrected chi connectivity index (χ2v) is 4.39. The highest BCUT2D eigenvalue weighted by atomic mass is 32.1. The number of methoxy groups -OCH3 is 1. The van der Waals surface area contributed by atoms with Gasteiger partial charge in [0.05, 0.1) is 7.11 Å². The van der Waals surface area contributed by atoms with Crippen LogP contribution in [0, 0.1) is 13.8 Å². The van der Waals surface area contributed by atoms with E-state index in [-0.39, 0.29) is 0 Å². The SMILES string of the molecule is COc1cc(C)c(-c2sccc2C)cn1. The first-order valence-electron chi connectivity index (χ1n) is 4.77. The molecule has 0 saturated heterocycles. The van der Waals surface area contributed by atoms with Gasteiger partial charge in [-0.15, -0.1) is 11.3 Å². The maximum Gasteiger partial charge on any atom is 0.213 e. The van der Waals surface area contributed by atoms with Crippen LogP contribution in [-0.4, -0.2) is 12.1 Å². The Bertz CT molecular complexity index is 476. The van der Waals surface area contributed by atoms with Crippen LogP contribution < -0.4 is 4.74 Å². The zero-order valence-electron chi connectivity index (χ0n) is 9.07. The third kappa shape index (κ3) is 1.88. The van der Waals surface area contributed by atoms with Crippen molar-refractivity contribution in [1.29, 1.82) is 0 Å². The predicted molar refractivity (Wildman–Crippen MR) is 63.6 cm³/mol. The summed E-state index contributed by atoms with van der Waals surface area (Å²) in [5.41, 5.74) is 3.70. The molecule has 0 aliphatic heterocycles. The minimum atomic E-state index is 0.672. The minimum Gasteiger partial charge on any atom is -0.481 e. The summed E-state index contributed by atoms with van der Waals surface area (Å²) < 4.78 is 5.09. The summed E-state index contributed by atoms with van der Waals surface area (Å²) in [6, 6.07) is 4.10. The predicted octanol–water partition coefficient (Wildman–Crippen LogP) is 3.44. The second kappa shape index (κ2) is 4.03. The molecule has 0 saturated carbocycles. The average Bonchev–Trinajstić information content (AvgIpc) is 2.64. The van der Waals surface area contributed by atoms with Gasteiger partial charge in [0.2, 0.25) is 5.88 Å². The Hall–Kier alpha value is -1.35. The molecular weight excluding hydrogens is 206 g/mol. The molecule has 3 heteroatoms. The summed E-state index contributed by atoms with van der Waals surface area (Å²) in [6.07, 6.45) is 1.88. The van der Waals surface area contributed by atoms with E-state index in [1.165, 1.54) is 21.6 Å². The van der Waals surface area contributed by atoms with Crippen molar-refractivity contribution < 1.29 is 4.74 Å². The van der Waals surface area contributed by atoms with Gasteiger partial charge in [0.25, 0.3) is 0 Å². The van der Waals surface area contributed by atoms with Gasteiger partial charge < -0.3 is 4.74 Å². The number of nitrogens with zero attached hydrogens (tertiary/aromatic N) is 1. The number of thiophene rings is 1. The first-order valence-corrected chi connectivity index (χ1v) is 5.65. The van der Waals surface area contributed by atoms with E-state index in [1.807, 2.05) is 12.3 Å². The lowest BCUT2D eigenvalue weighted by atomic mass is 10.1. The molecule has 0 amide bonds. The summed E-state index contributed by atoms with van der Waals surface area (Å²) in [5.74, 6) is 0.672. The molecule has 0 aliphatic rings. The number of aromatic nitrogens is 1. The fourth-order valence-electron chi connectivity index (χ4n) is 1.53. The van der Waals surface area contributed by atoms with Crippen LogP contribution in [0.3, 0.4) is 0 Å². The van der Waals surface area contributed by atoms with Gasteiger partial charge in [0.15, 0.2) is 0 Å². The van der Waals surface area contributed by atoms with Crippen molar-refractivity contribution in [3.8, 4) is 16.3 Å². The number of aryl methyl sites for hydroxylation is 2. The van der Waals surface area contributed by atoms with E-state index in [0.717, 1.165) is 0 Å². The van der Waals surface area contributed by atoms with E-state index < -0.39 is 0 Å². The lowest BCUT2D eigenvalue weighted by Crippen LogP contribution is -1.90. The second-order valence-electron chi connectivity index (χ2n) is 3.47. The first-order chi connectivity index (χ1) is 7.22. The van der Waals surface area contributed by atoms with Crippen LogP contribution in [0.25, 0.3) is 10.4 Å². The number of pyridine rings is 1. The molecule has 0 bridgehead atoms. The Morgan fingerprint density at radius 3 is 2.60 bits per heavy atom. The van der Waals surface area contributed by atoms with Gasteiger partial charge in [-0.25, -0.2) is 4.98 Å². The molecule has 0 spiro atoms. The van der Waals surface area contributed by atoms with E-state index in [0.29, 0.717) is 5.88 Å². The minimum absolute atomic E-state index is 0.672. The summed E-state index contributed by atoms with van der Waals surface area (Å²) in [5, 5.41) is 2.11. The molecule has 2 aromatic heterocycles. The standard InChI is InChI=1S/C12H13NOS/c1-8-4-5-15-12(8)10-7-13-11(14-3)6-9(10)2/h4-7H,1-3H3. The van der Waals surface area contributed by atoms with E-state index >= 15 is 0 Å². The fraction of sp³-hybridized carbons (Fsp3) is 0.250. The van der Waals surface area contributed by atoms with Gasteiger partial charge in [-0.2, -0.15) is 0 Å². The quantitative estimate of drug-likeness (QED) is 0.772. The van der Waals surface area contributed by atoms with Crippen molar-refractivity contribution in [3.05, 3.63) is 34.8 Å². The van der Waals surface area contributed by atoms with Crippen LogP contribution in [-0.2, 0) is 0 Å². The zero-order valence-corrected chi connectivity index (χ0v) is 9.89. The van der Waals surface area contributed by atoms with Gasteiger partial charge in [-0.05, 0) is 36.4 Å². The lowest BCUT2D eigenvalue weighted by Gasteiger charge is -2.06. The third-order valence-corrected chi connectivity index (χ3v) is 3.45. The highest BCUT2D eigenvalue weighted by Gasteiger charge is 2.07. The highest BCUT2D eigenvalue weighted by Crippen LogP contribution is 2.31. The molecule has 0 aromatic carbocycles. The molecule has 78 valence electrons. The number of ether oxygens (including phenoxy) is 1. The largest absolute Gasteiger partial charge is 0.481 e. The highest BCUT2D eigenvalue weighted by molar-refractivity contribution is 7.13. The smallest absolute Gasteiger partial charge is 0.213 e. The summed E-state index contributed by atoms with van der Waals surface area (Å²) in [7, 11) is 1.64. The Labute approximate surface area is 93.6 Å². The van der Waals surface area contributed by atoms with Gasteiger partial charge in [0.1, 0.15) is 0 Å². The zero-order chi connectivity index (χ0) is 10.8. The molecule has 2 heterocycles. The summed E-state index contributed by atoms with van der Waals surface area (Å²) in [6.45, 7) is 4.20. The van der Waals surface area contributed by atoms with Crippen molar-refractivity contribution in [2.45, 2.75) is 13.8 Å². The van der Waals surface area contributed by atoms with Gasteiger partial charge in [-0.3, -0.25) is 0 Å². The van der Waals surface area contributed by atoms with Crippen LogP contribution in [0.5, 0.6) is 5.88 Å². The van der Waals surface area contributed by atoms with E-state index in [2.05, 4.69) is 30.3 Å². The summed E-state index contributed by atoms with van der Waals surface area (Å²) in [4.78, 5) is 5.53. The fourth-order valence-corrected chi connectivity index (χ4v) is 2.53. The Kier molecular flexibility index (Phi) is 2.73. The van der Waals surface area contributed by atoms with Crippen LogP contribution in [0.1, 0.15) is 11.1 Å². The monoisotopic (exact) mass is 219 g/mol. The average molecular weight is 219 g/mol.